The molecule has 14 heteroatoms. The van der Waals surface area contributed by atoms with Gasteiger partial charge in [-0.05, 0) is 84.9 Å². The van der Waals surface area contributed by atoms with Crippen molar-refractivity contribution in [2.24, 2.45) is 0 Å². The summed E-state index contributed by atoms with van der Waals surface area (Å²) in [7, 11) is -4.03. The highest BCUT2D eigenvalue weighted by Crippen LogP contribution is 2.31. The lowest BCUT2D eigenvalue weighted by molar-refractivity contribution is -0.114. The Morgan fingerprint density at radius 1 is 0.744 bits per heavy atom. The maximum atomic E-state index is 13.6. The van der Waals surface area contributed by atoms with Crippen LogP contribution >= 0.6 is 0 Å². The zero-order valence-corrected chi connectivity index (χ0v) is 24.9. The van der Waals surface area contributed by atoms with Crippen LogP contribution in [0.1, 0.15) is 0 Å². The lowest BCUT2D eigenvalue weighted by Crippen LogP contribution is -2.38. The molecule has 4 aromatic rings. The van der Waals surface area contributed by atoms with Gasteiger partial charge in [-0.1, -0.05) is 0 Å². The molecule has 11 nitrogen and oxygen atoms in total. The number of benzene rings is 4. The number of nitrogens with one attached hydrogen (secondary N) is 2. The Bertz CT molecular complexity index is 1800. The first-order valence-electron chi connectivity index (χ1n) is 12.5. The van der Waals surface area contributed by atoms with Crippen LogP contribution in [0, 0.1) is 5.82 Å². The maximum Gasteiger partial charge on any atom is 0.264 e. The van der Waals surface area contributed by atoms with E-state index in [1.807, 2.05) is 0 Å². The van der Waals surface area contributed by atoms with Crippen molar-refractivity contribution in [2.75, 3.05) is 42.2 Å². The van der Waals surface area contributed by atoms with Gasteiger partial charge < -0.3 is 19.5 Å². The number of methoxy groups -OCH3 is 3. The quantitative estimate of drug-likeness (QED) is 0.234. The minimum Gasteiger partial charge on any atom is -0.497 e. The number of sulfonamides is 2. The molecule has 0 bridgehead atoms. The van der Waals surface area contributed by atoms with Crippen molar-refractivity contribution in [2.45, 2.75) is 9.79 Å². The van der Waals surface area contributed by atoms with Crippen LogP contribution in [0.5, 0.6) is 17.2 Å². The van der Waals surface area contributed by atoms with Crippen molar-refractivity contribution in [1.82, 2.24) is 0 Å². The Balaban J connectivity index is 1.53. The largest absolute Gasteiger partial charge is 0.497 e. The second kappa shape index (κ2) is 13.0. The summed E-state index contributed by atoms with van der Waals surface area (Å²) in [6, 6.07) is 20.1. The Kier molecular flexibility index (Phi) is 9.41. The minimum atomic E-state index is -4.26. The van der Waals surface area contributed by atoms with E-state index in [9.17, 15) is 26.0 Å². The van der Waals surface area contributed by atoms with Gasteiger partial charge >= 0.3 is 0 Å². The van der Waals surface area contributed by atoms with E-state index in [0.717, 1.165) is 16.4 Å². The Hall–Kier alpha value is -4.82. The third-order valence-corrected chi connectivity index (χ3v) is 9.32. The van der Waals surface area contributed by atoms with E-state index in [-0.39, 0.29) is 32.6 Å². The van der Waals surface area contributed by atoms with E-state index in [1.165, 1.54) is 88.1 Å². The molecule has 0 aliphatic rings. The van der Waals surface area contributed by atoms with Gasteiger partial charge in [0.1, 0.15) is 29.6 Å². The third-order valence-electron chi connectivity index (χ3n) is 6.15. The first-order chi connectivity index (χ1) is 20.5. The summed E-state index contributed by atoms with van der Waals surface area (Å²) in [5.41, 5.74) is 0.440. The summed E-state index contributed by atoms with van der Waals surface area (Å²) >= 11 is 0. The number of rotatable bonds is 12. The molecule has 0 aromatic heterocycles. The zero-order chi connectivity index (χ0) is 31.2. The van der Waals surface area contributed by atoms with E-state index < -0.39 is 38.3 Å². The van der Waals surface area contributed by atoms with Crippen LogP contribution in [-0.4, -0.2) is 50.6 Å². The molecule has 0 fully saturated rings. The predicted octanol–water partition coefficient (Wildman–Crippen LogP) is 4.49. The molecule has 226 valence electrons. The van der Waals surface area contributed by atoms with Crippen molar-refractivity contribution in [1.29, 1.82) is 0 Å². The van der Waals surface area contributed by atoms with Gasteiger partial charge in [-0.3, -0.25) is 13.8 Å². The Morgan fingerprint density at radius 3 is 1.91 bits per heavy atom. The van der Waals surface area contributed by atoms with E-state index in [0.29, 0.717) is 11.5 Å². The van der Waals surface area contributed by atoms with E-state index in [1.54, 1.807) is 12.1 Å². The van der Waals surface area contributed by atoms with Crippen LogP contribution in [0.25, 0.3) is 0 Å². The maximum absolute atomic E-state index is 13.6. The molecule has 0 spiro atoms. The van der Waals surface area contributed by atoms with E-state index >= 15 is 0 Å². The third kappa shape index (κ3) is 7.34. The van der Waals surface area contributed by atoms with Gasteiger partial charge in [0, 0.05) is 11.8 Å². The normalized spacial score (nSPS) is 11.3. The Labute approximate surface area is 248 Å². The van der Waals surface area contributed by atoms with E-state index in [2.05, 4.69) is 10.0 Å². The Morgan fingerprint density at radius 2 is 1.33 bits per heavy atom. The second-order valence-electron chi connectivity index (χ2n) is 8.91. The molecular formula is C29H28FN3O8S2. The highest BCUT2D eigenvalue weighted by atomic mass is 32.2. The molecule has 43 heavy (non-hydrogen) atoms. The summed E-state index contributed by atoms with van der Waals surface area (Å²) in [5, 5.41) is 2.57. The number of carbonyl (C=O) groups is 1. The number of nitrogens with zero attached hydrogens (tertiary/aromatic N) is 1. The first kappa shape index (κ1) is 31.1. The topological polar surface area (TPSA) is 140 Å². The van der Waals surface area contributed by atoms with Crippen LogP contribution < -0.4 is 28.6 Å². The molecule has 0 aliphatic carbocycles. The van der Waals surface area contributed by atoms with Crippen LogP contribution in [0.15, 0.2) is 101 Å². The van der Waals surface area contributed by atoms with Crippen molar-refractivity contribution < 1.29 is 40.2 Å². The number of hydrogen-bond acceptors (Lipinski definition) is 8. The molecule has 0 heterocycles. The summed E-state index contributed by atoms with van der Waals surface area (Å²) in [4.78, 5) is 12.8. The van der Waals surface area contributed by atoms with E-state index in [4.69, 9.17) is 14.2 Å². The lowest BCUT2D eigenvalue weighted by atomic mass is 10.3. The fourth-order valence-corrected chi connectivity index (χ4v) is 6.43. The standard InChI is InChI=1S/C29H28FN3O8S2/c1-39-23-10-15-26(16-11-23)43(37,38)33(22-8-4-20(30)5-9-22)19-29(34)31-21-6-13-25(14-7-21)42(35,36)32-27-18-24(40-2)12-17-28(27)41-3/h4-18,32H,19H2,1-3H3,(H,31,34). The highest BCUT2D eigenvalue weighted by Gasteiger charge is 2.27. The summed E-state index contributed by atoms with van der Waals surface area (Å²) in [5.74, 6) is -0.169. The van der Waals surface area contributed by atoms with Crippen LogP contribution in [0.2, 0.25) is 0 Å². The molecular weight excluding hydrogens is 601 g/mol. The van der Waals surface area contributed by atoms with Crippen molar-refractivity contribution in [3.05, 3.63) is 96.8 Å². The number of ether oxygens (including phenoxy) is 3. The average Bonchev–Trinajstić information content (AvgIpc) is 3.00. The van der Waals surface area contributed by atoms with Crippen LogP contribution in [0.3, 0.4) is 0 Å². The smallest absolute Gasteiger partial charge is 0.264 e. The molecule has 0 saturated carbocycles. The number of amides is 1. The van der Waals surface area contributed by atoms with Gasteiger partial charge in [-0.25, -0.2) is 21.2 Å². The summed E-state index contributed by atoms with van der Waals surface area (Å²) in [6.45, 7) is -0.656. The number of carbonyl (C=O) groups excluding carboxylic acids is 1. The molecule has 1 amide bonds. The summed E-state index contributed by atoms with van der Waals surface area (Å²) < 4.78 is 85.4. The van der Waals surface area contributed by atoms with Crippen LogP contribution in [-0.2, 0) is 24.8 Å². The lowest BCUT2D eigenvalue weighted by Gasteiger charge is -2.24. The molecule has 0 atom stereocenters. The monoisotopic (exact) mass is 629 g/mol. The predicted molar refractivity (Wildman–Crippen MR) is 159 cm³/mol. The number of anilines is 3. The van der Waals surface area contributed by atoms with Gasteiger partial charge in [-0.15, -0.1) is 0 Å². The molecule has 4 rings (SSSR count). The van der Waals surface area contributed by atoms with Gasteiger partial charge in [0.25, 0.3) is 20.0 Å². The molecule has 0 radical (unpaired) electrons. The van der Waals surface area contributed by atoms with Gasteiger partial charge in [0.15, 0.2) is 0 Å². The fourth-order valence-electron chi connectivity index (χ4n) is 3.94. The highest BCUT2D eigenvalue weighted by molar-refractivity contribution is 7.93. The van der Waals surface area contributed by atoms with Gasteiger partial charge in [0.2, 0.25) is 5.91 Å². The minimum absolute atomic E-state index is 0.0628. The molecule has 0 unspecified atom stereocenters. The number of hydrogen-bond donors (Lipinski definition) is 2. The molecule has 0 saturated heterocycles. The van der Waals surface area contributed by atoms with Gasteiger partial charge in [-0.2, -0.15) is 0 Å². The van der Waals surface area contributed by atoms with Gasteiger partial charge in [0.05, 0.1) is 42.5 Å². The van der Waals surface area contributed by atoms with Crippen molar-refractivity contribution in [3.8, 4) is 17.2 Å². The average molecular weight is 630 g/mol. The molecule has 0 aliphatic heterocycles. The number of halogens is 1. The van der Waals surface area contributed by atoms with Crippen LogP contribution in [0.4, 0.5) is 21.5 Å². The van der Waals surface area contributed by atoms with Crippen molar-refractivity contribution >= 4 is 43.0 Å². The molecule has 4 aromatic carbocycles. The first-order valence-corrected chi connectivity index (χ1v) is 15.5. The van der Waals surface area contributed by atoms with Crippen molar-refractivity contribution in [3.63, 3.8) is 0 Å². The zero-order valence-electron chi connectivity index (χ0n) is 23.3. The fraction of sp³-hybridized carbons (Fsp3) is 0.138. The SMILES string of the molecule is COc1ccc(S(=O)(=O)N(CC(=O)Nc2ccc(S(=O)(=O)Nc3cc(OC)ccc3OC)cc2)c2ccc(F)cc2)cc1. The second-order valence-corrected chi connectivity index (χ2v) is 12.5. The summed E-state index contributed by atoms with van der Waals surface area (Å²) in [6.07, 6.45) is 0. The molecule has 2 N–H and O–H groups in total.